The summed E-state index contributed by atoms with van der Waals surface area (Å²) in [6, 6.07) is 3.71. The van der Waals surface area contributed by atoms with Gasteiger partial charge in [0, 0.05) is 7.05 Å². The number of amides is 1. The Bertz CT molecular complexity index is 383. The fourth-order valence-corrected chi connectivity index (χ4v) is 1.45. The standard InChI is InChI=1S/C11H14N2O/c1-4-8-5-7(2)6-9(11(12)14)10(8)13-3/h4-6,13H,1H2,2-3H3,(H2,12,14). The van der Waals surface area contributed by atoms with Crippen LogP contribution >= 0.6 is 0 Å². The molecule has 1 aromatic rings. The molecule has 1 amide bonds. The molecule has 74 valence electrons. The van der Waals surface area contributed by atoms with E-state index in [1.165, 1.54) is 0 Å². The van der Waals surface area contributed by atoms with E-state index in [9.17, 15) is 4.79 Å². The molecule has 0 fully saturated rings. The highest BCUT2D eigenvalue weighted by Crippen LogP contribution is 2.23. The molecule has 0 aliphatic heterocycles. The highest BCUT2D eigenvalue weighted by atomic mass is 16.1. The lowest BCUT2D eigenvalue weighted by Gasteiger charge is -2.11. The molecule has 1 aromatic carbocycles. The number of nitrogens with one attached hydrogen (secondary N) is 1. The summed E-state index contributed by atoms with van der Waals surface area (Å²) < 4.78 is 0. The van der Waals surface area contributed by atoms with Gasteiger partial charge in [-0.3, -0.25) is 4.79 Å². The van der Waals surface area contributed by atoms with Gasteiger partial charge in [-0.1, -0.05) is 12.7 Å². The summed E-state index contributed by atoms with van der Waals surface area (Å²) in [5, 5.41) is 2.95. The van der Waals surface area contributed by atoms with E-state index in [1.807, 2.05) is 13.0 Å². The van der Waals surface area contributed by atoms with E-state index in [-0.39, 0.29) is 0 Å². The van der Waals surface area contributed by atoms with Crippen LogP contribution in [0.2, 0.25) is 0 Å². The van der Waals surface area contributed by atoms with Crippen molar-refractivity contribution in [1.29, 1.82) is 0 Å². The summed E-state index contributed by atoms with van der Waals surface area (Å²) in [5.74, 6) is -0.429. The second-order valence-corrected chi connectivity index (χ2v) is 3.10. The Kier molecular flexibility index (Phi) is 2.92. The van der Waals surface area contributed by atoms with Gasteiger partial charge < -0.3 is 11.1 Å². The molecule has 0 heterocycles. The van der Waals surface area contributed by atoms with Crippen molar-refractivity contribution in [1.82, 2.24) is 0 Å². The minimum Gasteiger partial charge on any atom is -0.387 e. The van der Waals surface area contributed by atoms with Crippen LogP contribution in [-0.2, 0) is 0 Å². The average molecular weight is 190 g/mol. The number of primary amides is 1. The number of carbonyl (C=O) groups is 1. The number of nitrogens with two attached hydrogens (primary N) is 1. The summed E-state index contributed by atoms with van der Waals surface area (Å²) >= 11 is 0. The summed E-state index contributed by atoms with van der Waals surface area (Å²) in [7, 11) is 1.75. The smallest absolute Gasteiger partial charge is 0.250 e. The van der Waals surface area contributed by atoms with Crippen molar-refractivity contribution >= 4 is 17.7 Å². The molecule has 0 bridgehead atoms. The van der Waals surface area contributed by atoms with Gasteiger partial charge in [-0.05, 0) is 30.2 Å². The minimum absolute atomic E-state index is 0.429. The maximum atomic E-state index is 11.1. The molecule has 1 rings (SSSR count). The molecular formula is C11H14N2O. The summed E-state index contributed by atoms with van der Waals surface area (Å²) in [6.45, 7) is 5.60. The molecule has 0 radical (unpaired) electrons. The van der Waals surface area contributed by atoms with E-state index in [1.54, 1.807) is 19.2 Å². The van der Waals surface area contributed by atoms with Crippen LogP contribution in [0.25, 0.3) is 6.08 Å². The largest absolute Gasteiger partial charge is 0.387 e. The molecule has 0 aromatic heterocycles. The van der Waals surface area contributed by atoms with Gasteiger partial charge in [0.05, 0.1) is 11.3 Å². The maximum Gasteiger partial charge on any atom is 0.250 e. The normalized spacial score (nSPS) is 9.57. The highest BCUT2D eigenvalue weighted by Gasteiger charge is 2.10. The van der Waals surface area contributed by atoms with Crippen LogP contribution in [0, 0.1) is 6.92 Å². The van der Waals surface area contributed by atoms with Gasteiger partial charge >= 0.3 is 0 Å². The minimum atomic E-state index is -0.429. The van der Waals surface area contributed by atoms with Crippen molar-refractivity contribution < 1.29 is 4.79 Å². The lowest BCUT2D eigenvalue weighted by Crippen LogP contribution is -2.14. The van der Waals surface area contributed by atoms with Crippen LogP contribution in [-0.4, -0.2) is 13.0 Å². The molecule has 0 unspecified atom stereocenters. The molecule has 0 saturated carbocycles. The molecule has 0 aliphatic rings. The van der Waals surface area contributed by atoms with Crippen LogP contribution in [0.5, 0.6) is 0 Å². The third-order valence-corrected chi connectivity index (χ3v) is 2.05. The first kappa shape index (κ1) is 10.3. The van der Waals surface area contributed by atoms with Crippen LogP contribution in [0.1, 0.15) is 21.5 Å². The lowest BCUT2D eigenvalue weighted by atomic mass is 10.0. The Morgan fingerprint density at radius 3 is 2.64 bits per heavy atom. The number of rotatable bonds is 3. The van der Waals surface area contributed by atoms with Gasteiger partial charge in [0.25, 0.3) is 5.91 Å². The van der Waals surface area contributed by atoms with E-state index in [2.05, 4.69) is 11.9 Å². The Morgan fingerprint density at radius 1 is 1.57 bits per heavy atom. The zero-order chi connectivity index (χ0) is 10.7. The van der Waals surface area contributed by atoms with Crippen molar-refractivity contribution in [3.63, 3.8) is 0 Å². The highest BCUT2D eigenvalue weighted by molar-refractivity contribution is 6.00. The van der Waals surface area contributed by atoms with Crippen molar-refractivity contribution in [2.75, 3.05) is 12.4 Å². The van der Waals surface area contributed by atoms with Crippen LogP contribution < -0.4 is 11.1 Å². The third kappa shape index (κ3) is 1.76. The van der Waals surface area contributed by atoms with Crippen molar-refractivity contribution in [2.24, 2.45) is 5.73 Å². The molecule has 14 heavy (non-hydrogen) atoms. The van der Waals surface area contributed by atoms with Gasteiger partial charge in [0.2, 0.25) is 0 Å². The Morgan fingerprint density at radius 2 is 2.21 bits per heavy atom. The first-order valence-corrected chi connectivity index (χ1v) is 4.34. The molecule has 0 saturated heterocycles. The lowest BCUT2D eigenvalue weighted by molar-refractivity contribution is 0.100. The molecule has 3 nitrogen and oxygen atoms in total. The van der Waals surface area contributed by atoms with Crippen LogP contribution in [0.15, 0.2) is 18.7 Å². The second-order valence-electron chi connectivity index (χ2n) is 3.10. The topological polar surface area (TPSA) is 55.1 Å². The zero-order valence-electron chi connectivity index (χ0n) is 8.42. The Hall–Kier alpha value is -1.77. The summed E-state index contributed by atoms with van der Waals surface area (Å²) in [4.78, 5) is 11.1. The SMILES string of the molecule is C=Cc1cc(C)cc(C(N)=O)c1NC. The molecule has 0 atom stereocenters. The third-order valence-electron chi connectivity index (χ3n) is 2.05. The van der Waals surface area contributed by atoms with Crippen molar-refractivity contribution in [3.8, 4) is 0 Å². The van der Waals surface area contributed by atoms with E-state index >= 15 is 0 Å². The fourth-order valence-electron chi connectivity index (χ4n) is 1.45. The van der Waals surface area contributed by atoms with Gasteiger partial charge in [0.1, 0.15) is 0 Å². The van der Waals surface area contributed by atoms with E-state index < -0.39 is 5.91 Å². The van der Waals surface area contributed by atoms with Gasteiger partial charge in [-0.2, -0.15) is 0 Å². The van der Waals surface area contributed by atoms with E-state index in [0.717, 1.165) is 16.8 Å². The number of anilines is 1. The predicted molar refractivity (Wildman–Crippen MR) is 59.3 cm³/mol. The first-order chi connectivity index (χ1) is 6.60. The van der Waals surface area contributed by atoms with Gasteiger partial charge in [0.15, 0.2) is 0 Å². The van der Waals surface area contributed by atoms with Gasteiger partial charge in [-0.15, -0.1) is 0 Å². The molecule has 3 N–H and O–H groups in total. The molecule has 3 heteroatoms. The van der Waals surface area contributed by atoms with E-state index in [4.69, 9.17) is 5.73 Å². The summed E-state index contributed by atoms with van der Waals surface area (Å²) in [5.41, 5.74) is 8.39. The molecule has 0 spiro atoms. The number of benzene rings is 1. The number of hydrogen-bond acceptors (Lipinski definition) is 2. The number of hydrogen-bond donors (Lipinski definition) is 2. The zero-order valence-corrected chi connectivity index (χ0v) is 8.42. The summed E-state index contributed by atoms with van der Waals surface area (Å²) in [6.07, 6.45) is 1.70. The van der Waals surface area contributed by atoms with Crippen LogP contribution in [0.3, 0.4) is 0 Å². The van der Waals surface area contributed by atoms with Crippen molar-refractivity contribution in [2.45, 2.75) is 6.92 Å². The number of carbonyl (C=O) groups excluding carboxylic acids is 1. The average Bonchev–Trinajstić information content (AvgIpc) is 2.16. The first-order valence-electron chi connectivity index (χ1n) is 4.34. The molecular weight excluding hydrogens is 176 g/mol. The predicted octanol–water partition coefficient (Wildman–Crippen LogP) is 1.78. The van der Waals surface area contributed by atoms with Crippen LogP contribution in [0.4, 0.5) is 5.69 Å². The fraction of sp³-hybridized carbons (Fsp3) is 0.182. The maximum absolute atomic E-state index is 11.1. The monoisotopic (exact) mass is 190 g/mol. The van der Waals surface area contributed by atoms with E-state index in [0.29, 0.717) is 5.56 Å². The quantitative estimate of drug-likeness (QED) is 0.763. The van der Waals surface area contributed by atoms with Gasteiger partial charge in [-0.25, -0.2) is 0 Å². The second kappa shape index (κ2) is 3.96. The Labute approximate surface area is 83.6 Å². The Balaban J connectivity index is 3.46. The molecule has 0 aliphatic carbocycles. The van der Waals surface area contributed by atoms with Crippen molar-refractivity contribution in [3.05, 3.63) is 35.4 Å². The number of aryl methyl sites for hydroxylation is 1.